The van der Waals surface area contributed by atoms with E-state index in [4.69, 9.17) is 0 Å². The zero-order valence-electron chi connectivity index (χ0n) is 13.0. The molecule has 4 rings (SSSR count). The molecule has 2 aromatic heterocycles. The molecule has 1 saturated heterocycles. The van der Waals surface area contributed by atoms with Crippen molar-refractivity contribution < 1.29 is 5.11 Å². The summed E-state index contributed by atoms with van der Waals surface area (Å²) in [5.41, 5.74) is 0. The van der Waals surface area contributed by atoms with Crippen LogP contribution in [-0.2, 0) is 0 Å². The lowest BCUT2D eigenvalue weighted by atomic mass is 9.77. The average Bonchev–Trinajstić information content (AvgIpc) is 3.23. The summed E-state index contributed by atoms with van der Waals surface area (Å²) in [5, 5.41) is 15.7. The molecule has 3 heterocycles. The Morgan fingerprint density at radius 2 is 2.09 bits per heavy atom. The Morgan fingerprint density at radius 3 is 2.83 bits per heavy atom. The Labute approximate surface area is 139 Å². The van der Waals surface area contributed by atoms with E-state index >= 15 is 0 Å². The first-order valence-electron chi connectivity index (χ1n) is 7.88. The molecule has 1 N–H and O–H groups in total. The Kier molecular flexibility index (Phi) is 3.94. The number of rotatable bonds is 3. The van der Waals surface area contributed by atoms with Crippen molar-refractivity contribution >= 4 is 17.7 Å². The lowest BCUT2D eigenvalue weighted by molar-refractivity contribution is 0.0305. The summed E-state index contributed by atoms with van der Waals surface area (Å²) in [5.74, 6) is 1.83. The predicted molar refractivity (Wildman–Crippen MR) is 87.3 cm³/mol. The molecule has 2 aromatic rings. The second kappa shape index (κ2) is 6.09. The standard InChI is InChI=1S/C15H20N6OS/c1-23-14-2-3-17-15(19-14)20-6-10-4-12(21-9-16-8-18-21)13(22)5-11(10)7-20/h2-3,8-13,22H,4-7H2,1H3/t10-,11+,12-,13-/m1/s1. The van der Waals surface area contributed by atoms with E-state index in [2.05, 4.69) is 25.0 Å². The van der Waals surface area contributed by atoms with Crippen molar-refractivity contribution in [1.29, 1.82) is 0 Å². The van der Waals surface area contributed by atoms with E-state index < -0.39 is 0 Å². The molecule has 0 aromatic carbocycles. The molecule has 1 aliphatic carbocycles. The first-order valence-corrected chi connectivity index (χ1v) is 9.11. The van der Waals surface area contributed by atoms with Crippen LogP contribution in [0.2, 0.25) is 0 Å². The largest absolute Gasteiger partial charge is 0.391 e. The molecule has 0 amide bonds. The number of aliphatic hydroxyl groups is 1. The van der Waals surface area contributed by atoms with E-state index in [1.807, 2.05) is 18.5 Å². The SMILES string of the molecule is CSc1ccnc(N2C[C@H]3C[C@@H](n4cncn4)[C@H](O)C[C@H]3C2)n1. The van der Waals surface area contributed by atoms with Crippen LogP contribution in [0.5, 0.6) is 0 Å². The van der Waals surface area contributed by atoms with Crippen molar-refractivity contribution in [2.24, 2.45) is 11.8 Å². The summed E-state index contributed by atoms with van der Waals surface area (Å²) in [6, 6.07) is 1.96. The van der Waals surface area contributed by atoms with Crippen molar-refractivity contribution in [2.45, 2.75) is 30.0 Å². The molecule has 0 spiro atoms. The third-order valence-corrected chi connectivity index (χ3v) is 5.64. The van der Waals surface area contributed by atoms with Crippen molar-refractivity contribution in [3.63, 3.8) is 0 Å². The van der Waals surface area contributed by atoms with Crippen molar-refractivity contribution in [2.75, 3.05) is 24.2 Å². The first kappa shape index (κ1) is 14.9. The summed E-state index contributed by atoms with van der Waals surface area (Å²) >= 11 is 1.63. The van der Waals surface area contributed by atoms with E-state index in [1.165, 1.54) is 6.33 Å². The van der Waals surface area contributed by atoms with Gasteiger partial charge >= 0.3 is 0 Å². The van der Waals surface area contributed by atoms with Gasteiger partial charge < -0.3 is 10.0 Å². The van der Waals surface area contributed by atoms with Gasteiger partial charge in [-0.3, -0.25) is 0 Å². The van der Waals surface area contributed by atoms with Crippen molar-refractivity contribution in [1.82, 2.24) is 24.7 Å². The summed E-state index contributed by atoms with van der Waals surface area (Å²) in [6.07, 6.45) is 8.43. The second-order valence-corrected chi connectivity index (χ2v) is 7.13. The van der Waals surface area contributed by atoms with Gasteiger partial charge in [0.25, 0.3) is 0 Å². The molecule has 23 heavy (non-hydrogen) atoms. The third-order valence-electron chi connectivity index (χ3n) is 4.99. The number of anilines is 1. The Bertz CT molecular complexity index is 666. The number of hydrogen-bond donors (Lipinski definition) is 1. The molecule has 1 saturated carbocycles. The molecular formula is C15H20N6OS. The van der Waals surface area contributed by atoms with E-state index in [0.717, 1.165) is 36.9 Å². The first-order chi connectivity index (χ1) is 11.2. The minimum atomic E-state index is -0.364. The van der Waals surface area contributed by atoms with Crippen LogP contribution >= 0.6 is 11.8 Å². The molecule has 2 fully saturated rings. The molecule has 1 aliphatic heterocycles. The molecule has 122 valence electrons. The fraction of sp³-hybridized carbons (Fsp3) is 0.600. The quantitative estimate of drug-likeness (QED) is 0.669. The molecular weight excluding hydrogens is 312 g/mol. The van der Waals surface area contributed by atoms with Gasteiger partial charge in [0, 0.05) is 19.3 Å². The highest BCUT2D eigenvalue weighted by Gasteiger charge is 2.43. The molecule has 0 bridgehead atoms. The fourth-order valence-electron chi connectivity index (χ4n) is 3.84. The van der Waals surface area contributed by atoms with Crippen LogP contribution in [0.4, 0.5) is 5.95 Å². The number of aromatic nitrogens is 5. The average molecular weight is 332 g/mol. The van der Waals surface area contributed by atoms with E-state index in [0.29, 0.717) is 11.8 Å². The molecule has 7 nitrogen and oxygen atoms in total. The minimum absolute atomic E-state index is 0.0251. The van der Waals surface area contributed by atoms with Gasteiger partial charge in [0.1, 0.15) is 17.7 Å². The zero-order chi connectivity index (χ0) is 15.8. The normalized spacial score (nSPS) is 30.4. The van der Waals surface area contributed by atoms with Gasteiger partial charge in [0.2, 0.25) is 5.95 Å². The van der Waals surface area contributed by atoms with E-state index in [-0.39, 0.29) is 12.1 Å². The van der Waals surface area contributed by atoms with Crippen LogP contribution in [0.3, 0.4) is 0 Å². The number of thioether (sulfide) groups is 1. The van der Waals surface area contributed by atoms with Gasteiger partial charge in [-0.15, -0.1) is 11.8 Å². The monoisotopic (exact) mass is 332 g/mol. The van der Waals surface area contributed by atoms with Crippen LogP contribution < -0.4 is 4.90 Å². The Hall–Kier alpha value is -1.67. The van der Waals surface area contributed by atoms with E-state index in [1.54, 1.807) is 22.8 Å². The smallest absolute Gasteiger partial charge is 0.226 e. The van der Waals surface area contributed by atoms with Gasteiger partial charge in [-0.05, 0) is 37.0 Å². The molecule has 2 aliphatic rings. The molecule has 8 heteroatoms. The molecule has 4 atom stereocenters. The van der Waals surface area contributed by atoms with Crippen LogP contribution in [-0.4, -0.2) is 55.3 Å². The Balaban J connectivity index is 1.51. The molecule has 0 radical (unpaired) electrons. The van der Waals surface area contributed by atoms with Crippen LogP contribution in [0.1, 0.15) is 18.9 Å². The summed E-state index contributed by atoms with van der Waals surface area (Å²) in [7, 11) is 0. The summed E-state index contributed by atoms with van der Waals surface area (Å²) in [6.45, 7) is 1.87. The summed E-state index contributed by atoms with van der Waals surface area (Å²) < 4.78 is 1.80. The number of fused-ring (bicyclic) bond motifs is 1. The zero-order valence-corrected chi connectivity index (χ0v) is 13.8. The summed E-state index contributed by atoms with van der Waals surface area (Å²) in [4.78, 5) is 15.3. The lowest BCUT2D eigenvalue weighted by Gasteiger charge is -2.34. The maximum atomic E-state index is 10.5. The second-order valence-electron chi connectivity index (χ2n) is 6.31. The fourth-order valence-corrected chi connectivity index (χ4v) is 4.21. The molecule has 0 unspecified atom stereocenters. The minimum Gasteiger partial charge on any atom is -0.391 e. The Morgan fingerprint density at radius 1 is 1.26 bits per heavy atom. The van der Waals surface area contributed by atoms with Gasteiger partial charge in [0.15, 0.2) is 0 Å². The third kappa shape index (κ3) is 2.81. The predicted octanol–water partition coefficient (Wildman–Crippen LogP) is 1.24. The highest BCUT2D eigenvalue weighted by molar-refractivity contribution is 7.98. The van der Waals surface area contributed by atoms with Crippen molar-refractivity contribution in [3.8, 4) is 0 Å². The lowest BCUT2D eigenvalue weighted by Crippen LogP contribution is -2.36. The number of nitrogens with zero attached hydrogens (tertiary/aromatic N) is 6. The van der Waals surface area contributed by atoms with Gasteiger partial charge in [-0.25, -0.2) is 19.6 Å². The topological polar surface area (TPSA) is 80.0 Å². The highest BCUT2D eigenvalue weighted by atomic mass is 32.2. The van der Waals surface area contributed by atoms with Gasteiger partial charge in [0.05, 0.1) is 12.1 Å². The number of aliphatic hydroxyl groups excluding tert-OH is 1. The van der Waals surface area contributed by atoms with Gasteiger partial charge in [-0.1, -0.05) is 0 Å². The van der Waals surface area contributed by atoms with Crippen LogP contribution in [0.15, 0.2) is 29.9 Å². The van der Waals surface area contributed by atoms with Crippen LogP contribution in [0, 0.1) is 11.8 Å². The van der Waals surface area contributed by atoms with Crippen LogP contribution in [0.25, 0.3) is 0 Å². The number of hydrogen-bond acceptors (Lipinski definition) is 7. The maximum Gasteiger partial charge on any atom is 0.226 e. The van der Waals surface area contributed by atoms with Crippen molar-refractivity contribution in [3.05, 3.63) is 24.9 Å². The maximum absolute atomic E-state index is 10.5. The van der Waals surface area contributed by atoms with E-state index in [9.17, 15) is 5.11 Å². The van der Waals surface area contributed by atoms with Gasteiger partial charge in [-0.2, -0.15) is 5.10 Å². The highest BCUT2D eigenvalue weighted by Crippen LogP contribution is 2.41.